The van der Waals surface area contributed by atoms with Crippen LogP contribution >= 0.6 is 11.3 Å². The molecule has 3 aromatic rings. The second-order valence-electron chi connectivity index (χ2n) is 6.11. The van der Waals surface area contributed by atoms with Crippen molar-refractivity contribution in [3.63, 3.8) is 0 Å². The van der Waals surface area contributed by atoms with Crippen LogP contribution in [0.4, 0.5) is 5.69 Å². The molecule has 0 aliphatic rings. The van der Waals surface area contributed by atoms with Gasteiger partial charge in [0.25, 0.3) is 0 Å². The number of hydrogen-bond donors (Lipinski definition) is 1. The van der Waals surface area contributed by atoms with Crippen molar-refractivity contribution in [1.82, 2.24) is 4.98 Å². The zero-order valence-electron chi connectivity index (χ0n) is 15.0. The Morgan fingerprint density at radius 3 is 2.77 bits per heavy atom. The number of amides is 1. The molecule has 0 saturated carbocycles. The van der Waals surface area contributed by atoms with Gasteiger partial charge in [0.2, 0.25) is 5.91 Å². The topological polar surface area (TPSA) is 51.2 Å². The van der Waals surface area contributed by atoms with Gasteiger partial charge in [-0.05, 0) is 43.2 Å². The fraction of sp³-hybridized carbons (Fsp3) is 0.238. The van der Waals surface area contributed by atoms with Crippen molar-refractivity contribution in [3.05, 3.63) is 75.7 Å². The van der Waals surface area contributed by atoms with Gasteiger partial charge in [-0.1, -0.05) is 36.8 Å². The molecule has 26 heavy (non-hydrogen) atoms. The van der Waals surface area contributed by atoms with E-state index in [9.17, 15) is 4.79 Å². The van der Waals surface area contributed by atoms with E-state index < -0.39 is 0 Å². The maximum Gasteiger partial charge on any atom is 0.230 e. The maximum atomic E-state index is 12.2. The van der Waals surface area contributed by atoms with Crippen LogP contribution in [0.1, 0.15) is 28.8 Å². The van der Waals surface area contributed by atoms with Gasteiger partial charge < -0.3 is 10.1 Å². The Hall–Kier alpha value is -2.66. The summed E-state index contributed by atoms with van der Waals surface area (Å²) in [5.41, 5.74) is 3.99. The number of rotatable bonds is 7. The first-order valence-corrected chi connectivity index (χ1v) is 9.52. The molecule has 0 unspecified atom stereocenters. The van der Waals surface area contributed by atoms with Gasteiger partial charge in [-0.2, -0.15) is 0 Å². The summed E-state index contributed by atoms with van der Waals surface area (Å²) in [5, 5.41) is 5.71. The summed E-state index contributed by atoms with van der Waals surface area (Å²) >= 11 is 1.51. The van der Waals surface area contributed by atoms with Crippen LogP contribution in [0.15, 0.2) is 53.9 Å². The minimum absolute atomic E-state index is 0.0606. The lowest BCUT2D eigenvalue weighted by atomic mass is 10.1. The van der Waals surface area contributed by atoms with E-state index in [1.165, 1.54) is 22.5 Å². The highest BCUT2D eigenvalue weighted by Crippen LogP contribution is 2.17. The first-order valence-electron chi connectivity index (χ1n) is 8.64. The molecular formula is C21H22N2O2S. The molecule has 0 radical (unpaired) electrons. The number of thiazole rings is 1. The van der Waals surface area contributed by atoms with Gasteiger partial charge in [-0.3, -0.25) is 4.79 Å². The summed E-state index contributed by atoms with van der Waals surface area (Å²) in [7, 11) is 0. The van der Waals surface area contributed by atoms with E-state index >= 15 is 0 Å². The minimum atomic E-state index is -0.0606. The number of aromatic nitrogens is 1. The highest BCUT2D eigenvalue weighted by atomic mass is 32.1. The third-order valence-electron chi connectivity index (χ3n) is 3.94. The summed E-state index contributed by atoms with van der Waals surface area (Å²) in [6.45, 7) is 4.55. The molecule has 3 rings (SSSR count). The van der Waals surface area contributed by atoms with Crippen LogP contribution in [0, 0.1) is 6.92 Å². The Morgan fingerprint density at radius 2 is 2.00 bits per heavy atom. The molecule has 1 N–H and O–H groups in total. The van der Waals surface area contributed by atoms with E-state index in [0.717, 1.165) is 28.6 Å². The van der Waals surface area contributed by atoms with Crippen molar-refractivity contribution in [1.29, 1.82) is 0 Å². The van der Waals surface area contributed by atoms with Gasteiger partial charge >= 0.3 is 0 Å². The second kappa shape index (κ2) is 8.63. The lowest BCUT2D eigenvalue weighted by Gasteiger charge is -2.06. The van der Waals surface area contributed by atoms with Crippen molar-refractivity contribution in [2.24, 2.45) is 0 Å². The predicted molar refractivity (Wildman–Crippen MR) is 106 cm³/mol. The standard InChI is InChI=1S/C21H22N2O2S/c1-3-16-5-4-6-17(11-16)22-20(24)12-18-14-26-21(23-18)13-25-19-9-7-15(2)8-10-19/h4-11,14H,3,12-13H2,1-2H3,(H,22,24). The van der Waals surface area contributed by atoms with Crippen LogP contribution in [0.3, 0.4) is 0 Å². The van der Waals surface area contributed by atoms with E-state index in [0.29, 0.717) is 6.61 Å². The predicted octanol–water partition coefficient (Wildman–Crippen LogP) is 4.77. The second-order valence-corrected chi connectivity index (χ2v) is 7.06. The third-order valence-corrected chi connectivity index (χ3v) is 4.81. The van der Waals surface area contributed by atoms with Crippen LogP contribution in [0.2, 0.25) is 0 Å². The van der Waals surface area contributed by atoms with E-state index in [4.69, 9.17) is 4.74 Å². The van der Waals surface area contributed by atoms with Crippen molar-refractivity contribution >= 4 is 22.9 Å². The van der Waals surface area contributed by atoms with Gasteiger partial charge in [0.05, 0.1) is 12.1 Å². The fourth-order valence-electron chi connectivity index (χ4n) is 2.51. The van der Waals surface area contributed by atoms with E-state index in [1.807, 2.05) is 54.8 Å². The number of ether oxygens (including phenoxy) is 1. The molecule has 0 spiro atoms. The number of hydrogen-bond acceptors (Lipinski definition) is 4. The molecule has 1 aromatic heterocycles. The largest absolute Gasteiger partial charge is 0.486 e. The quantitative estimate of drug-likeness (QED) is 0.655. The zero-order valence-corrected chi connectivity index (χ0v) is 15.8. The van der Waals surface area contributed by atoms with Gasteiger partial charge in [0.1, 0.15) is 17.4 Å². The van der Waals surface area contributed by atoms with E-state index in [-0.39, 0.29) is 12.3 Å². The summed E-state index contributed by atoms with van der Waals surface area (Å²) in [5.74, 6) is 0.760. The molecular weight excluding hydrogens is 344 g/mol. The smallest absolute Gasteiger partial charge is 0.230 e. The molecule has 0 aliphatic carbocycles. The van der Waals surface area contributed by atoms with Gasteiger partial charge in [0, 0.05) is 11.1 Å². The third kappa shape index (κ3) is 5.17. The van der Waals surface area contributed by atoms with Crippen molar-refractivity contribution in [2.45, 2.75) is 33.3 Å². The Bertz CT molecular complexity index is 872. The lowest BCUT2D eigenvalue weighted by molar-refractivity contribution is -0.115. The van der Waals surface area contributed by atoms with Crippen LogP contribution in [-0.4, -0.2) is 10.9 Å². The first kappa shape index (κ1) is 18.1. The number of benzene rings is 2. The molecule has 0 fully saturated rings. The van der Waals surface area contributed by atoms with Crippen LogP contribution in [0.5, 0.6) is 5.75 Å². The number of nitrogens with one attached hydrogen (secondary N) is 1. The molecule has 1 amide bonds. The number of anilines is 1. The Kier molecular flexibility index (Phi) is 6.02. The molecule has 0 aliphatic heterocycles. The maximum absolute atomic E-state index is 12.2. The number of carbonyl (C=O) groups excluding carboxylic acids is 1. The molecule has 5 heteroatoms. The van der Waals surface area contributed by atoms with E-state index in [1.54, 1.807) is 0 Å². The van der Waals surface area contributed by atoms with Gasteiger partial charge in [0.15, 0.2) is 0 Å². The highest BCUT2D eigenvalue weighted by Gasteiger charge is 2.09. The summed E-state index contributed by atoms with van der Waals surface area (Å²) in [6, 6.07) is 15.8. The molecule has 0 atom stereocenters. The zero-order chi connectivity index (χ0) is 18.4. The van der Waals surface area contributed by atoms with E-state index in [2.05, 4.69) is 23.3 Å². The first-order chi connectivity index (χ1) is 12.6. The molecule has 0 saturated heterocycles. The molecule has 134 valence electrons. The SMILES string of the molecule is CCc1cccc(NC(=O)Cc2csc(COc3ccc(C)cc3)n2)c1. The summed E-state index contributed by atoms with van der Waals surface area (Å²) < 4.78 is 5.73. The Morgan fingerprint density at radius 1 is 1.19 bits per heavy atom. The molecule has 0 bridgehead atoms. The average molecular weight is 366 g/mol. The average Bonchev–Trinajstić information content (AvgIpc) is 3.08. The minimum Gasteiger partial charge on any atom is -0.486 e. The number of aryl methyl sites for hydroxylation is 2. The van der Waals surface area contributed by atoms with Crippen LogP contribution in [0.25, 0.3) is 0 Å². The number of carbonyl (C=O) groups is 1. The highest BCUT2D eigenvalue weighted by molar-refractivity contribution is 7.09. The van der Waals surface area contributed by atoms with Gasteiger partial charge in [-0.15, -0.1) is 11.3 Å². The normalized spacial score (nSPS) is 10.5. The Labute approximate surface area is 157 Å². The van der Waals surface area contributed by atoms with Gasteiger partial charge in [-0.25, -0.2) is 4.98 Å². The Balaban J connectivity index is 1.52. The van der Waals surface area contributed by atoms with Crippen molar-refractivity contribution in [3.8, 4) is 5.75 Å². The van der Waals surface area contributed by atoms with Crippen molar-refractivity contribution < 1.29 is 9.53 Å². The molecule has 2 aromatic carbocycles. The molecule has 4 nitrogen and oxygen atoms in total. The lowest BCUT2D eigenvalue weighted by Crippen LogP contribution is -2.14. The molecule has 1 heterocycles. The summed E-state index contributed by atoms with van der Waals surface area (Å²) in [6.07, 6.45) is 1.21. The van der Waals surface area contributed by atoms with Crippen LogP contribution in [-0.2, 0) is 24.2 Å². The summed E-state index contributed by atoms with van der Waals surface area (Å²) in [4.78, 5) is 16.7. The van der Waals surface area contributed by atoms with Crippen LogP contribution < -0.4 is 10.1 Å². The number of nitrogens with zero attached hydrogens (tertiary/aromatic N) is 1. The fourth-order valence-corrected chi connectivity index (χ4v) is 3.22. The monoisotopic (exact) mass is 366 g/mol. The van der Waals surface area contributed by atoms with Crippen molar-refractivity contribution in [2.75, 3.05) is 5.32 Å².